The Morgan fingerprint density at radius 3 is 1.13 bits per heavy atom. The lowest BCUT2D eigenvalue weighted by Gasteiger charge is -2.15. The summed E-state index contributed by atoms with van der Waals surface area (Å²) in [6.45, 7) is 5.19. The van der Waals surface area contributed by atoms with E-state index in [4.69, 9.17) is 9.47 Å². The van der Waals surface area contributed by atoms with Crippen LogP contribution in [-0.4, -0.2) is 37.0 Å². The number of ether oxygens (including phenoxy) is 2. The molecule has 0 aromatic carbocycles. The molecule has 1 N–H and O–H groups in total. The van der Waals surface area contributed by atoms with Crippen molar-refractivity contribution in [1.82, 2.24) is 0 Å². The minimum atomic E-state index is -0.552. The molecule has 1 unspecified atom stereocenters. The lowest BCUT2D eigenvalue weighted by atomic mass is 10.0. The second-order valence-corrected chi connectivity index (χ2v) is 16.9. The summed E-state index contributed by atoms with van der Waals surface area (Å²) in [4.78, 5) is 12.3. The molecule has 4 nitrogen and oxygen atoms in total. The molecule has 0 aliphatic heterocycles. The van der Waals surface area contributed by atoms with Crippen LogP contribution in [0.5, 0.6) is 0 Å². The number of carbonyl (C=O) groups excluding carboxylic acids is 1. The molecule has 0 fully saturated rings. The predicted molar refractivity (Wildman–Crippen MR) is 265 cm³/mol. The highest BCUT2D eigenvalue weighted by Crippen LogP contribution is 2.16. The van der Waals surface area contributed by atoms with Gasteiger partial charge in [0.1, 0.15) is 6.10 Å². The van der Waals surface area contributed by atoms with Crippen LogP contribution < -0.4 is 0 Å². The standard InChI is InChI=1S/C56H98O4/c1-3-5-7-9-11-13-15-17-19-21-23-25-27-28-29-30-32-34-36-38-40-42-44-46-48-50-52-59-54-55(53-57)60-56(58)51-49-47-45-43-41-39-37-35-33-31-26-24-22-20-18-16-14-12-10-8-6-4-2/h5,7,11,13,17,19,23,25,28-29,32,34,38,40,55,57H,3-4,6,8-10,12,14-16,18,20-22,24,26-27,30-31,33,35-37,39,41-54H2,1-2H3/b7-5-,13-11-,19-17-,25-23-,29-28-,34-32-,40-38-. The average molecular weight is 835 g/mol. The summed E-state index contributed by atoms with van der Waals surface area (Å²) in [6, 6.07) is 0. The van der Waals surface area contributed by atoms with Crippen LogP contribution in [0.15, 0.2) is 85.1 Å². The quantitative estimate of drug-likeness (QED) is 0.0377. The summed E-state index contributed by atoms with van der Waals surface area (Å²) < 4.78 is 11.2. The van der Waals surface area contributed by atoms with Gasteiger partial charge in [0.05, 0.1) is 13.2 Å². The van der Waals surface area contributed by atoms with Crippen molar-refractivity contribution < 1.29 is 19.4 Å². The Balaban J connectivity index is 3.49. The zero-order valence-electron chi connectivity index (χ0n) is 39.7. The first kappa shape index (κ1) is 57.6. The van der Waals surface area contributed by atoms with Gasteiger partial charge in [0.2, 0.25) is 0 Å². The third-order valence-corrected chi connectivity index (χ3v) is 11.0. The molecular formula is C56H98O4. The van der Waals surface area contributed by atoms with Crippen LogP contribution in [0, 0.1) is 0 Å². The fraction of sp³-hybridized carbons (Fsp3) is 0.732. The molecule has 0 saturated carbocycles. The Bertz CT molecular complexity index is 1060. The van der Waals surface area contributed by atoms with Crippen molar-refractivity contribution in [2.75, 3.05) is 19.8 Å². The molecule has 0 rings (SSSR count). The third kappa shape index (κ3) is 49.9. The maximum Gasteiger partial charge on any atom is 0.306 e. The molecule has 0 amide bonds. The van der Waals surface area contributed by atoms with Crippen molar-refractivity contribution in [2.45, 2.75) is 245 Å². The van der Waals surface area contributed by atoms with Crippen molar-refractivity contribution in [2.24, 2.45) is 0 Å². The molecule has 0 aromatic heterocycles. The summed E-state index contributed by atoms with van der Waals surface area (Å²) in [6.07, 6.45) is 73.9. The van der Waals surface area contributed by atoms with E-state index in [9.17, 15) is 9.90 Å². The number of rotatable bonds is 47. The fourth-order valence-electron chi connectivity index (χ4n) is 7.19. The highest BCUT2D eigenvalue weighted by Gasteiger charge is 2.13. The van der Waals surface area contributed by atoms with Crippen LogP contribution >= 0.6 is 0 Å². The minimum absolute atomic E-state index is 0.185. The summed E-state index contributed by atoms with van der Waals surface area (Å²) in [5.41, 5.74) is 0. The van der Waals surface area contributed by atoms with Crippen molar-refractivity contribution in [3.63, 3.8) is 0 Å². The summed E-state index contributed by atoms with van der Waals surface area (Å²) in [5.74, 6) is -0.209. The van der Waals surface area contributed by atoms with Crippen LogP contribution in [0.4, 0.5) is 0 Å². The lowest BCUT2D eigenvalue weighted by Crippen LogP contribution is -2.27. The van der Waals surface area contributed by atoms with Crippen LogP contribution in [0.3, 0.4) is 0 Å². The SMILES string of the molecule is CC/C=C\C/C=C\C/C=C\C/C=C\C/C=C\C/C=C\C/C=C\CCCCCCOCC(CO)OC(=O)CCCCCCCCCCCCCCCCCCCCCCCC. The highest BCUT2D eigenvalue weighted by atomic mass is 16.6. The van der Waals surface area contributed by atoms with Gasteiger partial charge in [0, 0.05) is 13.0 Å². The number of esters is 1. The van der Waals surface area contributed by atoms with Gasteiger partial charge < -0.3 is 14.6 Å². The summed E-state index contributed by atoms with van der Waals surface area (Å²) >= 11 is 0. The van der Waals surface area contributed by atoms with Crippen LogP contribution in [0.2, 0.25) is 0 Å². The second kappa shape index (κ2) is 52.7. The van der Waals surface area contributed by atoms with E-state index in [0.29, 0.717) is 13.0 Å². The first-order chi connectivity index (χ1) is 29.7. The van der Waals surface area contributed by atoms with Gasteiger partial charge in [-0.2, -0.15) is 0 Å². The van der Waals surface area contributed by atoms with Crippen molar-refractivity contribution >= 4 is 5.97 Å². The largest absolute Gasteiger partial charge is 0.457 e. The lowest BCUT2D eigenvalue weighted by molar-refractivity contribution is -0.154. The van der Waals surface area contributed by atoms with Crippen LogP contribution in [0.1, 0.15) is 239 Å². The summed E-state index contributed by atoms with van der Waals surface area (Å²) in [7, 11) is 0. The zero-order chi connectivity index (χ0) is 43.3. The van der Waals surface area contributed by atoms with Gasteiger partial charge in [0.25, 0.3) is 0 Å². The van der Waals surface area contributed by atoms with Crippen molar-refractivity contribution in [1.29, 1.82) is 0 Å². The van der Waals surface area contributed by atoms with Crippen molar-refractivity contribution in [3.8, 4) is 0 Å². The molecule has 0 spiro atoms. The smallest absolute Gasteiger partial charge is 0.306 e. The second-order valence-electron chi connectivity index (χ2n) is 16.9. The van der Waals surface area contributed by atoms with Gasteiger partial charge in [-0.15, -0.1) is 0 Å². The number of hydrogen-bond donors (Lipinski definition) is 1. The maximum atomic E-state index is 12.3. The van der Waals surface area contributed by atoms with Gasteiger partial charge >= 0.3 is 5.97 Å². The molecule has 60 heavy (non-hydrogen) atoms. The van der Waals surface area contributed by atoms with Crippen LogP contribution in [-0.2, 0) is 14.3 Å². The molecule has 1 atom stereocenters. The van der Waals surface area contributed by atoms with E-state index in [2.05, 4.69) is 98.9 Å². The Labute approximate surface area is 373 Å². The number of unbranched alkanes of at least 4 members (excludes halogenated alkanes) is 25. The van der Waals surface area contributed by atoms with E-state index >= 15 is 0 Å². The molecule has 0 aliphatic rings. The number of carbonyl (C=O) groups is 1. The normalized spacial score (nSPS) is 13.1. The molecular weight excluding hydrogens is 737 g/mol. The topological polar surface area (TPSA) is 55.8 Å². The number of allylic oxidation sites excluding steroid dienone is 14. The molecule has 346 valence electrons. The molecule has 0 aromatic rings. The first-order valence-electron chi connectivity index (χ1n) is 25.7. The monoisotopic (exact) mass is 835 g/mol. The fourth-order valence-corrected chi connectivity index (χ4v) is 7.19. The van der Waals surface area contributed by atoms with Gasteiger partial charge in [0.15, 0.2) is 0 Å². The van der Waals surface area contributed by atoms with Gasteiger partial charge in [-0.1, -0.05) is 247 Å². The van der Waals surface area contributed by atoms with Gasteiger partial charge in [-0.25, -0.2) is 0 Å². The number of hydrogen-bond acceptors (Lipinski definition) is 4. The van der Waals surface area contributed by atoms with Crippen LogP contribution in [0.25, 0.3) is 0 Å². The number of aliphatic hydroxyl groups excluding tert-OH is 1. The molecule has 0 radical (unpaired) electrons. The molecule has 0 bridgehead atoms. The minimum Gasteiger partial charge on any atom is -0.457 e. The third-order valence-electron chi connectivity index (χ3n) is 11.0. The van der Waals surface area contributed by atoms with Gasteiger partial charge in [-0.05, 0) is 70.6 Å². The van der Waals surface area contributed by atoms with E-state index in [1.807, 2.05) is 0 Å². The van der Waals surface area contributed by atoms with E-state index in [-0.39, 0.29) is 19.2 Å². The van der Waals surface area contributed by atoms with Crippen molar-refractivity contribution in [3.05, 3.63) is 85.1 Å². The number of aliphatic hydroxyl groups is 1. The Morgan fingerprint density at radius 1 is 0.417 bits per heavy atom. The van der Waals surface area contributed by atoms with E-state index in [1.54, 1.807) is 0 Å². The Kier molecular flexibility index (Phi) is 50.6. The molecule has 4 heteroatoms. The van der Waals surface area contributed by atoms with E-state index in [0.717, 1.165) is 77.0 Å². The Morgan fingerprint density at radius 2 is 0.750 bits per heavy atom. The van der Waals surface area contributed by atoms with Gasteiger partial charge in [-0.3, -0.25) is 4.79 Å². The highest BCUT2D eigenvalue weighted by molar-refractivity contribution is 5.69. The average Bonchev–Trinajstić information content (AvgIpc) is 3.25. The maximum absolute atomic E-state index is 12.3. The molecule has 0 heterocycles. The molecule has 0 saturated heterocycles. The van der Waals surface area contributed by atoms with E-state index < -0.39 is 6.10 Å². The van der Waals surface area contributed by atoms with E-state index in [1.165, 1.54) is 141 Å². The first-order valence-corrected chi connectivity index (χ1v) is 25.7. The molecule has 0 aliphatic carbocycles. The summed E-state index contributed by atoms with van der Waals surface area (Å²) in [5, 5.41) is 9.65. The zero-order valence-corrected chi connectivity index (χ0v) is 39.7. The Hall–Kier alpha value is -2.43. The predicted octanol–water partition coefficient (Wildman–Crippen LogP) is 17.5.